The molecule has 4 heterocycles. The second-order valence-corrected chi connectivity index (χ2v) is 6.85. The standard InChI is InChI=1S/C20H22N8O/c1-14-10-17(26-18-12-21-7-8-23-18)27-20(25-14)16-4-2-3-9-28(16)19(29)6-5-15-11-22-13-24-15/h5-8,10-13,16H,2-4,9H2,1H3,(H,22,24)(H,23,25,26,27)/b6-5+/t16-/m1/s1. The van der Waals surface area contributed by atoms with Crippen LogP contribution >= 0.6 is 0 Å². The van der Waals surface area contributed by atoms with Crippen molar-refractivity contribution in [3.8, 4) is 0 Å². The fourth-order valence-electron chi connectivity index (χ4n) is 3.38. The van der Waals surface area contributed by atoms with E-state index in [-0.39, 0.29) is 11.9 Å². The van der Waals surface area contributed by atoms with E-state index < -0.39 is 0 Å². The third-order valence-corrected chi connectivity index (χ3v) is 4.70. The van der Waals surface area contributed by atoms with Crippen molar-refractivity contribution >= 4 is 23.6 Å². The Labute approximate surface area is 168 Å². The fraction of sp³-hybridized carbons (Fsp3) is 0.300. The molecule has 1 aliphatic rings. The molecule has 0 aliphatic carbocycles. The van der Waals surface area contributed by atoms with E-state index in [9.17, 15) is 4.79 Å². The molecule has 2 N–H and O–H groups in total. The Balaban J connectivity index is 1.57. The number of piperidine rings is 1. The Bertz CT molecular complexity index is 987. The third-order valence-electron chi connectivity index (χ3n) is 4.70. The minimum absolute atomic E-state index is 0.0576. The molecule has 1 atom stereocenters. The van der Waals surface area contributed by atoms with Crippen molar-refractivity contribution in [1.29, 1.82) is 0 Å². The van der Waals surface area contributed by atoms with Gasteiger partial charge in [0, 0.05) is 36.8 Å². The van der Waals surface area contributed by atoms with Crippen LogP contribution in [0.25, 0.3) is 6.08 Å². The first-order valence-corrected chi connectivity index (χ1v) is 9.55. The number of nitrogens with zero attached hydrogens (tertiary/aromatic N) is 6. The zero-order valence-corrected chi connectivity index (χ0v) is 16.1. The van der Waals surface area contributed by atoms with Gasteiger partial charge >= 0.3 is 0 Å². The molecule has 148 valence electrons. The van der Waals surface area contributed by atoms with Gasteiger partial charge in [0.15, 0.2) is 5.82 Å². The summed E-state index contributed by atoms with van der Waals surface area (Å²) in [5, 5.41) is 3.16. The Hall–Kier alpha value is -3.62. The second kappa shape index (κ2) is 8.59. The molecule has 29 heavy (non-hydrogen) atoms. The number of amides is 1. The predicted molar refractivity (Wildman–Crippen MR) is 108 cm³/mol. The first-order valence-electron chi connectivity index (χ1n) is 9.55. The lowest BCUT2D eigenvalue weighted by Gasteiger charge is -2.34. The second-order valence-electron chi connectivity index (χ2n) is 6.85. The maximum atomic E-state index is 12.9. The summed E-state index contributed by atoms with van der Waals surface area (Å²) < 4.78 is 0. The van der Waals surface area contributed by atoms with Crippen molar-refractivity contribution in [1.82, 2.24) is 34.8 Å². The summed E-state index contributed by atoms with van der Waals surface area (Å²) in [6.07, 6.45) is 14.3. The number of hydrogen-bond donors (Lipinski definition) is 2. The SMILES string of the molecule is Cc1cc(Nc2cnccn2)nc([C@H]2CCCCN2C(=O)/C=C/c2cnc[nH]2)n1. The first kappa shape index (κ1) is 18.7. The van der Waals surface area contributed by atoms with E-state index in [0.717, 1.165) is 30.7 Å². The number of aromatic amines is 1. The van der Waals surface area contributed by atoms with Crippen LogP contribution < -0.4 is 5.32 Å². The minimum Gasteiger partial charge on any atom is -0.345 e. The van der Waals surface area contributed by atoms with Gasteiger partial charge in [-0.25, -0.2) is 19.9 Å². The highest BCUT2D eigenvalue weighted by Crippen LogP contribution is 2.30. The summed E-state index contributed by atoms with van der Waals surface area (Å²) in [5.41, 5.74) is 1.61. The molecule has 0 radical (unpaired) electrons. The van der Waals surface area contributed by atoms with E-state index in [0.29, 0.717) is 24.0 Å². The van der Waals surface area contributed by atoms with Gasteiger partial charge in [0.05, 0.1) is 30.5 Å². The Kier molecular flexibility index (Phi) is 5.55. The Morgan fingerprint density at radius 1 is 1.21 bits per heavy atom. The van der Waals surface area contributed by atoms with Crippen LogP contribution in [0.15, 0.2) is 43.3 Å². The summed E-state index contributed by atoms with van der Waals surface area (Å²) in [7, 11) is 0. The molecule has 9 heteroatoms. The maximum Gasteiger partial charge on any atom is 0.247 e. The Morgan fingerprint density at radius 2 is 2.14 bits per heavy atom. The molecule has 0 unspecified atom stereocenters. The average Bonchev–Trinajstić information content (AvgIpc) is 3.26. The summed E-state index contributed by atoms with van der Waals surface area (Å²) in [6, 6.07) is 1.69. The van der Waals surface area contributed by atoms with E-state index in [1.165, 1.54) is 0 Å². The van der Waals surface area contributed by atoms with Crippen LogP contribution in [0.5, 0.6) is 0 Å². The molecule has 0 spiro atoms. The number of H-pyrrole nitrogens is 1. The van der Waals surface area contributed by atoms with E-state index in [4.69, 9.17) is 0 Å². The largest absolute Gasteiger partial charge is 0.345 e. The smallest absolute Gasteiger partial charge is 0.247 e. The lowest BCUT2D eigenvalue weighted by Crippen LogP contribution is -2.38. The van der Waals surface area contributed by atoms with Crippen LogP contribution in [0.2, 0.25) is 0 Å². The summed E-state index contributed by atoms with van der Waals surface area (Å²) in [4.78, 5) is 39.2. The normalized spacial score (nSPS) is 16.9. The number of carbonyl (C=O) groups is 1. The number of aromatic nitrogens is 6. The maximum absolute atomic E-state index is 12.9. The van der Waals surface area contributed by atoms with Gasteiger partial charge in [0.2, 0.25) is 5.91 Å². The van der Waals surface area contributed by atoms with E-state index in [1.54, 1.807) is 43.3 Å². The van der Waals surface area contributed by atoms with Crippen molar-refractivity contribution in [2.75, 3.05) is 11.9 Å². The predicted octanol–water partition coefficient (Wildman–Crippen LogP) is 2.81. The quantitative estimate of drug-likeness (QED) is 0.644. The Morgan fingerprint density at radius 3 is 2.93 bits per heavy atom. The zero-order chi connectivity index (χ0) is 20.1. The lowest BCUT2D eigenvalue weighted by atomic mass is 10.0. The molecule has 3 aromatic rings. The van der Waals surface area contributed by atoms with Crippen LogP contribution in [0, 0.1) is 6.92 Å². The van der Waals surface area contributed by atoms with E-state index in [1.807, 2.05) is 17.9 Å². The minimum atomic E-state index is -0.162. The van der Waals surface area contributed by atoms with Gasteiger partial charge < -0.3 is 15.2 Å². The first-order chi connectivity index (χ1) is 14.2. The number of aryl methyl sites for hydroxylation is 1. The van der Waals surface area contributed by atoms with Crippen LogP contribution in [0.3, 0.4) is 0 Å². The van der Waals surface area contributed by atoms with Gasteiger partial charge in [-0.15, -0.1) is 0 Å². The number of imidazole rings is 1. The topological polar surface area (TPSA) is 113 Å². The van der Waals surface area contributed by atoms with Gasteiger partial charge in [-0.2, -0.15) is 0 Å². The van der Waals surface area contributed by atoms with Crippen molar-refractivity contribution in [2.45, 2.75) is 32.2 Å². The highest BCUT2D eigenvalue weighted by molar-refractivity contribution is 5.91. The number of rotatable bonds is 5. The van der Waals surface area contributed by atoms with Gasteiger partial charge in [0.1, 0.15) is 11.6 Å². The molecule has 1 amide bonds. The highest BCUT2D eigenvalue weighted by Gasteiger charge is 2.29. The van der Waals surface area contributed by atoms with Crippen LogP contribution in [-0.4, -0.2) is 47.3 Å². The van der Waals surface area contributed by atoms with Gasteiger partial charge in [-0.3, -0.25) is 9.78 Å². The molecule has 4 rings (SSSR count). The third kappa shape index (κ3) is 4.63. The monoisotopic (exact) mass is 390 g/mol. The van der Waals surface area contributed by atoms with Crippen molar-refractivity contribution in [3.63, 3.8) is 0 Å². The van der Waals surface area contributed by atoms with Crippen LogP contribution in [0.4, 0.5) is 11.6 Å². The highest BCUT2D eigenvalue weighted by atomic mass is 16.2. The lowest BCUT2D eigenvalue weighted by molar-refractivity contribution is -0.129. The van der Waals surface area contributed by atoms with E-state index >= 15 is 0 Å². The number of hydrogen-bond acceptors (Lipinski definition) is 7. The van der Waals surface area contributed by atoms with Gasteiger partial charge in [0.25, 0.3) is 0 Å². The summed E-state index contributed by atoms with van der Waals surface area (Å²) in [5.74, 6) is 1.83. The molecular weight excluding hydrogens is 368 g/mol. The van der Waals surface area contributed by atoms with Crippen molar-refractivity contribution < 1.29 is 4.79 Å². The molecule has 3 aromatic heterocycles. The number of likely N-dealkylation sites (tertiary alicyclic amines) is 1. The number of anilines is 2. The molecule has 0 aromatic carbocycles. The van der Waals surface area contributed by atoms with E-state index in [2.05, 4.69) is 35.2 Å². The molecule has 0 bridgehead atoms. The van der Waals surface area contributed by atoms with Crippen LogP contribution in [0.1, 0.15) is 42.5 Å². The fourth-order valence-corrected chi connectivity index (χ4v) is 3.38. The van der Waals surface area contributed by atoms with Gasteiger partial charge in [-0.05, 0) is 32.3 Å². The number of nitrogens with one attached hydrogen (secondary N) is 2. The molecule has 1 saturated heterocycles. The van der Waals surface area contributed by atoms with Crippen molar-refractivity contribution in [2.24, 2.45) is 0 Å². The van der Waals surface area contributed by atoms with Gasteiger partial charge in [-0.1, -0.05) is 0 Å². The molecular formula is C20H22N8O. The molecule has 1 aliphatic heterocycles. The molecule has 0 saturated carbocycles. The average molecular weight is 390 g/mol. The molecule has 1 fully saturated rings. The summed E-state index contributed by atoms with van der Waals surface area (Å²) in [6.45, 7) is 2.60. The van der Waals surface area contributed by atoms with Crippen LogP contribution in [-0.2, 0) is 4.79 Å². The zero-order valence-electron chi connectivity index (χ0n) is 16.1. The summed E-state index contributed by atoms with van der Waals surface area (Å²) >= 11 is 0. The molecule has 9 nitrogen and oxygen atoms in total. The van der Waals surface area contributed by atoms with Crippen molar-refractivity contribution in [3.05, 3.63) is 60.5 Å². The number of carbonyl (C=O) groups excluding carboxylic acids is 1.